The van der Waals surface area contributed by atoms with Gasteiger partial charge in [0, 0.05) is 49.4 Å². The molecule has 1 saturated heterocycles. The minimum atomic E-state index is -4.43. The molecule has 0 bridgehead atoms. The number of halogens is 3. The SMILES string of the molecule is CN(C(=O)c1ccc(Nc2nccc(Nc3cccc(C(F)(F)F)c3)n2)cc1)C1CCOCC1. The second kappa shape index (κ2) is 10.1. The molecule has 0 unspecified atom stereocenters. The van der Waals surface area contributed by atoms with Crippen molar-refractivity contribution in [1.82, 2.24) is 14.9 Å². The van der Waals surface area contributed by atoms with Gasteiger partial charge in [0.15, 0.2) is 0 Å². The molecule has 1 aliphatic rings. The van der Waals surface area contributed by atoms with Gasteiger partial charge in [-0.1, -0.05) is 6.07 Å². The highest BCUT2D eigenvalue weighted by molar-refractivity contribution is 5.94. The van der Waals surface area contributed by atoms with Crippen LogP contribution in [0.2, 0.25) is 0 Å². The molecule has 0 atom stereocenters. The minimum absolute atomic E-state index is 0.0537. The van der Waals surface area contributed by atoms with E-state index in [1.54, 1.807) is 42.3 Å². The average molecular weight is 471 g/mol. The van der Waals surface area contributed by atoms with Crippen molar-refractivity contribution < 1.29 is 22.7 Å². The van der Waals surface area contributed by atoms with E-state index in [2.05, 4.69) is 20.6 Å². The summed E-state index contributed by atoms with van der Waals surface area (Å²) >= 11 is 0. The maximum Gasteiger partial charge on any atom is 0.416 e. The molecule has 1 aromatic heterocycles. The molecule has 3 aromatic rings. The highest BCUT2D eigenvalue weighted by atomic mass is 19.4. The monoisotopic (exact) mass is 471 g/mol. The van der Waals surface area contributed by atoms with E-state index in [-0.39, 0.29) is 23.6 Å². The topological polar surface area (TPSA) is 79.4 Å². The van der Waals surface area contributed by atoms with E-state index in [0.717, 1.165) is 25.0 Å². The van der Waals surface area contributed by atoms with Crippen LogP contribution in [-0.4, -0.2) is 47.1 Å². The number of anilines is 4. The maximum atomic E-state index is 12.9. The number of benzene rings is 2. The fourth-order valence-electron chi connectivity index (χ4n) is 3.68. The Bertz CT molecular complexity index is 1130. The zero-order valence-electron chi connectivity index (χ0n) is 18.5. The van der Waals surface area contributed by atoms with E-state index in [1.807, 2.05) is 0 Å². The van der Waals surface area contributed by atoms with Crippen LogP contribution in [0.3, 0.4) is 0 Å². The predicted octanol–water partition coefficient (Wildman–Crippen LogP) is 5.23. The van der Waals surface area contributed by atoms with Crippen molar-refractivity contribution in [2.45, 2.75) is 25.1 Å². The smallest absolute Gasteiger partial charge is 0.381 e. The third kappa shape index (κ3) is 5.82. The Labute approximate surface area is 195 Å². The van der Waals surface area contributed by atoms with Gasteiger partial charge in [0.05, 0.1) is 5.56 Å². The largest absolute Gasteiger partial charge is 0.416 e. The Hall–Kier alpha value is -3.66. The maximum absolute atomic E-state index is 12.9. The number of amides is 1. The van der Waals surface area contributed by atoms with Crippen molar-refractivity contribution in [3.05, 3.63) is 71.9 Å². The standard InChI is InChI=1S/C24H24F3N5O2/c1-32(20-10-13-34-14-11-20)22(33)16-5-7-18(8-6-16)30-23-28-12-9-21(31-23)29-19-4-2-3-17(15-19)24(25,26)27/h2-9,12,15,20H,10-11,13-14H2,1H3,(H2,28,29,30,31). The molecule has 1 fully saturated rings. The number of carbonyl (C=O) groups excluding carboxylic acids is 1. The van der Waals surface area contributed by atoms with Crippen molar-refractivity contribution in [2.75, 3.05) is 30.9 Å². The first-order chi connectivity index (χ1) is 16.3. The van der Waals surface area contributed by atoms with Crippen LogP contribution in [-0.2, 0) is 10.9 Å². The van der Waals surface area contributed by atoms with E-state index in [0.29, 0.717) is 30.3 Å². The first-order valence-electron chi connectivity index (χ1n) is 10.8. The summed E-state index contributed by atoms with van der Waals surface area (Å²) in [5, 5.41) is 5.90. The summed E-state index contributed by atoms with van der Waals surface area (Å²) in [5.41, 5.74) is 0.750. The minimum Gasteiger partial charge on any atom is -0.381 e. The highest BCUT2D eigenvalue weighted by Crippen LogP contribution is 2.31. The summed E-state index contributed by atoms with van der Waals surface area (Å²) in [7, 11) is 1.81. The number of hydrogen-bond donors (Lipinski definition) is 2. The molecule has 1 amide bonds. The van der Waals surface area contributed by atoms with Gasteiger partial charge in [0.25, 0.3) is 5.91 Å². The molecule has 2 aromatic carbocycles. The Morgan fingerprint density at radius 3 is 2.47 bits per heavy atom. The van der Waals surface area contributed by atoms with Gasteiger partial charge in [-0.05, 0) is 61.4 Å². The molecule has 2 heterocycles. The number of aromatic nitrogens is 2. The number of rotatable bonds is 6. The van der Waals surface area contributed by atoms with Crippen molar-refractivity contribution >= 4 is 29.0 Å². The molecule has 0 aliphatic carbocycles. The fraction of sp³-hybridized carbons (Fsp3) is 0.292. The Balaban J connectivity index is 1.41. The van der Waals surface area contributed by atoms with Crippen LogP contribution < -0.4 is 10.6 Å². The van der Waals surface area contributed by atoms with Crippen LogP contribution in [0.15, 0.2) is 60.8 Å². The zero-order valence-corrected chi connectivity index (χ0v) is 18.5. The van der Waals surface area contributed by atoms with Crippen LogP contribution in [0, 0.1) is 0 Å². The molecule has 0 spiro atoms. The van der Waals surface area contributed by atoms with Crippen molar-refractivity contribution in [2.24, 2.45) is 0 Å². The second-order valence-corrected chi connectivity index (χ2v) is 7.93. The van der Waals surface area contributed by atoms with Gasteiger partial charge in [0.1, 0.15) is 5.82 Å². The third-order valence-corrected chi connectivity index (χ3v) is 5.56. The number of ether oxygens (including phenoxy) is 1. The first kappa shape index (κ1) is 23.5. The van der Waals surface area contributed by atoms with Crippen LogP contribution in [0.4, 0.5) is 36.3 Å². The van der Waals surface area contributed by atoms with Crippen molar-refractivity contribution in [3.8, 4) is 0 Å². The van der Waals surface area contributed by atoms with Crippen LogP contribution in [0.25, 0.3) is 0 Å². The van der Waals surface area contributed by atoms with Crippen LogP contribution in [0.5, 0.6) is 0 Å². The second-order valence-electron chi connectivity index (χ2n) is 7.93. The van der Waals surface area contributed by atoms with Crippen molar-refractivity contribution in [1.29, 1.82) is 0 Å². The van der Waals surface area contributed by atoms with Crippen LogP contribution in [0.1, 0.15) is 28.8 Å². The molecule has 0 saturated carbocycles. The number of nitrogens with zero attached hydrogens (tertiary/aromatic N) is 3. The molecule has 10 heteroatoms. The van der Waals surface area contributed by atoms with Gasteiger partial charge in [-0.25, -0.2) is 4.98 Å². The molecule has 0 radical (unpaired) electrons. The third-order valence-electron chi connectivity index (χ3n) is 5.56. The van der Waals surface area contributed by atoms with Gasteiger partial charge in [-0.2, -0.15) is 18.2 Å². The quantitative estimate of drug-likeness (QED) is 0.512. The fourth-order valence-corrected chi connectivity index (χ4v) is 3.68. The van der Waals surface area contributed by atoms with E-state index in [1.165, 1.54) is 18.3 Å². The van der Waals surface area contributed by atoms with E-state index in [4.69, 9.17) is 4.74 Å². The normalized spacial score (nSPS) is 14.5. The number of alkyl halides is 3. The summed E-state index contributed by atoms with van der Waals surface area (Å²) in [6.45, 7) is 1.32. The van der Waals surface area contributed by atoms with Gasteiger partial charge < -0.3 is 20.3 Å². The molecule has 178 valence electrons. The van der Waals surface area contributed by atoms with E-state index in [9.17, 15) is 18.0 Å². The molecule has 34 heavy (non-hydrogen) atoms. The molecular weight excluding hydrogens is 447 g/mol. The number of carbonyl (C=O) groups is 1. The van der Waals surface area contributed by atoms with E-state index >= 15 is 0 Å². The summed E-state index contributed by atoms with van der Waals surface area (Å²) in [4.78, 5) is 23.0. The van der Waals surface area contributed by atoms with Gasteiger partial charge in [-0.15, -0.1) is 0 Å². The highest BCUT2D eigenvalue weighted by Gasteiger charge is 2.30. The first-order valence-corrected chi connectivity index (χ1v) is 10.8. The number of nitrogens with one attached hydrogen (secondary N) is 2. The Morgan fingerprint density at radius 2 is 1.76 bits per heavy atom. The summed E-state index contributed by atoms with van der Waals surface area (Å²) < 4.78 is 44.2. The summed E-state index contributed by atoms with van der Waals surface area (Å²) in [6.07, 6.45) is -1.29. The lowest BCUT2D eigenvalue weighted by atomic mass is 10.1. The molecule has 2 N–H and O–H groups in total. The number of hydrogen-bond acceptors (Lipinski definition) is 6. The molecule has 4 rings (SSSR count). The molecule has 7 nitrogen and oxygen atoms in total. The van der Waals surface area contributed by atoms with Gasteiger partial charge >= 0.3 is 6.18 Å². The van der Waals surface area contributed by atoms with Gasteiger partial charge in [-0.3, -0.25) is 4.79 Å². The lowest BCUT2D eigenvalue weighted by Crippen LogP contribution is -2.40. The Morgan fingerprint density at radius 1 is 1.03 bits per heavy atom. The average Bonchev–Trinajstić information content (AvgIpc) is 2.84. The predicted molar refractivity (Wildman–Crippen MR) is 122 cm³/mol. The molecular formula is C24H24F3N5O2. The lowest BCUT2D eigenvalue weighted by Gasteiger charge is -2.31. The summed E-state index contributed by atoms with van der Waals surface area (Å²) in [5.74, 6) is 0.541. The summed E-state index contributed by atoms with van der Waals surface area (Å²) in [6, 6.07) is 13.6. The van der Waals surface area contributed by atoms with Gasteiger partial charge in [0.2, 0.25) is 5.95 Å². The van der Waals surface area contributed by atoms with E-state index < -0.39 is 11.7 Å². The molecule has 1 aliphatic heterocycles. The Kier molecular flexibility index (Phi) is 6.97. The lowest BCUT2D eigenvalue weighted by molar-refractivity contribution is -0.137. The van der Waals surface area contributed by atoms with Crippen LogP contribution >= 0.6 is 0 Å². The zero-order chi connectivity index (χ0) is 24.1. The van der Waals surface area contributed by atoms with Crippen molar-refractivity contribution in [3.63, 3.8) is 0 Å².